The van der Waals surface area contributed by atoms with Crippen molar-refractivity contribution in [2.45, 2.75) is 12.8 Å². The molecule has 0 radical (unpaired) electrons. The molecule has 18 heavy (non-hydrogen) atoms. The van der Waals surface area contributed by atoms with Gasteiger partial charge in [-0.25, -0.2) is 0 Å². The molecule has 1 atom stereocenters. The quantitative estimate of drug-likeness (QED) is 0.719. The second kappa shape index (κ2) is 5.59. The number of halogens is 1. The van der Waals surface area contributed by atoms with Crippen molar-refractivity contribution in [2.24, 2.45) is 11.3 Å². The number of hydrogen-bond acceptors (Lipinski definition) is 3. The molecule has 4 nitrogen and oxygen atoms in total. The molecule has 5 heteroatoms. The van der Waals surface area contributed by atoms with E-state index < -0.39 is 0 Å². The maximum atomic E-state index is 12.5. The Morgan fingerprint density at radius 2 is 1.94 bits per heavy atom. The highest BCUT2D eigenvalue weighted by atomic mass is 35.5. The largest absolute Gasteiger partial charge is 0.381 e. The fraction of sp³-hybridized carbons (Fsp3) is 0.769. The summed E-state index contributed by atoms with van der Waals surface area (Å²) in [6.45, 7) is 5.03. The van der Waals surface area contributed by atoms with E-state index in [9.17, 15) is 4.79 Å². The molecule has 3 heterocycles. The predicted molar refractivity (Wildman–Crippen MR) is 71.8 cm³/mol. The van der Waals surface area contributed by atoms with Gasteiger partial charge in [-0.2, -0.15) is 0 Å². The van der Waals surface area contributed by atoms with E-state index in [4.69, 9.17) is 4.74 Å². The summed E-state index contributed by atoms with van der Waals surface area (Å²) >= 11 is 0. The monoisotopic (exact) mass is 272 g/mol. The van der Waals surface area contributed by atoms with Gasteiger partial charge in [0.1, 0.15) is 0 Å². The lowest BCUT2D eigenvalue weighted by molar-refractivity contribution is -0.139. The first-order chi connectivity index (χ1) is 8.32. The highest BCUT2D eigenvalue weighted by molar-refractivity contribution is 5.85. The van der Waals surface area contributed by atoms with Crippen molar-refractivity contribution >= 4 is 18.3 Å². The molecule has 2 saturated heterocycles. The molecule has 0 bridgehead atoms. The third kappa shape index (κ3) is 2.29. The zero-order valence-electron chi connectivity index (χ0n) is 10.6. The summed E-state index contributed by atoms with van der Waals surface area (Å²) in [7, 11) is 0. The van der Waals surface area contributed by atoms with Gasteiger partial charge in [0.15, 0.2) is 0 Å². The fourth-order valence-electron chi connectivity index (χ4n) is 3.34. The summed E-state index contributed by atoms with van der Waals surface area (Å²) in [5, 5.41) is 3.41. The van der Waals surface area contributed by atoms with Crippen LogP contribution in [-0.2, 0) is 9.53 Å². The van der Waals surface area contributed by atoms with Gasteiger partial charge in [-0.15, -0.1) is 12.4 Å². The van der Waals surface area contributed by atoms with Crippen LogP contribution in [-0.4, -0.2) is 50.2 Å². The van der Waals surface area contributed by atoms with Gasteiger partial charge in [0.05, 0.1) is 5.92 Å². The van der Waals surface area contributed by atoms with E-state index in [1.165, 1.54) is 0 Å². The molecular weight excluding hydrogens is 252 g/mol. The molecular formula is C13H21ClN2O2. The van der Waals surface area contributed by atoms with Crippen LogP contribution < -0.4 is 5.32 Å². The Bertz CT molecular complexity index is 332. The van der Waals surface area contributed by atoms with Gasteiger partial charge in [0.25, 0.3) is 0 Å². The second-order valence-corrected chi connectivity index (χ2v) is 5.37. The van der Waals surface area contributed by atoms with E-state index in [2.05, 4.69) is 17.5 Å². The van der Waals surface area contributed by atoms with Crippen LogP contribution in [0.1, 0.15) is 12.8 Å². The van der Waals surface area contributed by atoms with E-state index in [1.54, 1.807) is 0 Å². The van der Waals surface area contributed by atoms with Crippen molar-refractivity contribution < 1.29 is 9.53 Å². The first-order valence-corrected chi connectivity index (χ1v) is 6.54. The van der Waals surface area contributed by atoms with Crippen LogP contribution in [0.15, 0.2) is 12.2 Å². The molecule has 3 aliphatic rings. The topological polar surface area (TPSA) is 41.6 Å². The number of hydrogen-bond donors (Lipinski definition) is 1. The summed E-state index contributed by atoms with van der Waals surface area (Å²) < 4.78 is 5.44. The van der Waals surface area contributed by atoms with E-state index in [1.807, 2.05) is 4.90 Å². The molecule has 1 spiro atoms. The smallest absolute Gasteiger partial charge is 0.228 e. The average molecular weight is 273 g/mol. The Morgan fingerprint density at radius 1 is 1.28 bits per heavy atom. The number of amides is 1. The molecule has 1 N–H and O–H groups in total. The van der Waals surface area contributed by atoms with Gasteiger partial charge in [0.2, 0.25) is 5.91 Å². The van der Waals surface area contributed by atoms with Crippen molar-refractivity contribution in [1.29, 1.82) is 0 Å². The predicted octanol–water partition coefficient (Wildman–Crippen LogP) is 0.823. The Morgan fingerprint density at radius 3 is 2.61 bits per heavy atom. The lowest BCUT2D eigenvalue weighted by Gasteiger charge is -2.38. The summed E-state index contributed by atoms with van der Waals surface area (Å²) in [5.41, 5.74) is 0.165. The van der Waals surface area contributed by atoms with Crippen LogP contribution >= 0.6 is 12.4 Å². The molecule has 1 amide bonds. The Balaban J connectivity index is 0.00000120. The summed E-state index contributed by atoms with van der Waals surface area (Å²) in [6.07, 6.45) is 6.21. The maximum Gasteiger partial charge on any atom is 0.228 e. The van der Waals surface area contributed by atoms with Crippen molar-refractivity contribution in [3.63, 3.8) is 0 Å². The van der Waals surface area contributed by atoms with E-state index in [0.29, 0.717) is 5.91 Å². The standard InChI is InChI=1S/C13H20N2O2.ClH/c16-12(15-5-1-2-6-15)11-9-14-10-13(11)3-7-17-8-4-13;/h1-2,11,14H,3-10H2;1H. The van der Waals surface area contributed by atoms with Gasteiger partial charge < -0.3 is 15.0 Å². The molecule has 1 unspecified atom stereocenters. The van der Waals surface area contributed by atoms with Crippen LogP contribution in [0, 0.1) is 11.3 Å². The molecule has 0 aromatic carbocycles. The highest BCUT2D eigenvalue weighted by Gasteiger charge is 2.48. The zero-order valence-corrected chi connectivity index (χ0v) is 11.4. The van der Waals surface area contributed by atoms with E-state index >= 15 is 0 Å². The van der Waals surface area contributed by atoms with Gasteiger partial charge in [-0.05, 0) is 18.3 Å². The lowest BCUT2D eigenvalue weighted by Crippen LogP contribution is -2.45. The fourth-order valence-corrected chi connectivity index (χ4v) is 3.34. The molecule has 3 aliphatic heterocycles. The van der Waals surface area contributed by atoms with Gasteiger partial charge in [-0.1, -0.05) is 12.2 Å². The normalized spacial score (nSPS) is 29.6. The van der Waals surface area contributed by atoms with Crippen molar-refractivity contribution in [1.82, 2.24) is 10.2 Å². The average Bonchev–Trinajstić information content (AvgIpc) is 2.99. The van der Waals surface area contributed by atoms with Gasteiger partial charge in [0, 0.05) is 39.4 Å². The van der Waals surface area contributed by atoms with Crippen molar-refractivity contribution in [2.75, 3.05) is 39.4 Å². The van der Waals surface area contributed by atoms with E-state index in [-0.39, 0.29) is 23.7 Å². The third-order valence-electron chi connectivity index (χ3n) is 4.48. The second-order valence-electron chi connectivity index (χ2n) is 5.37. The minimum absolute atomic E-state index is 0. The first kappa shape index (κ1) is 13.8. The Labute approximate surface area is 114 Å². The number of carbonyl (C=O) groups excluding carboxylic acids is 1. The molecule has 0 aromatic heterocycles. The molecule has 102 valence electrons. The number of ether oxygens (including phenoxy) is 1. The summed E-state index contributed by atoms with van der Waals surface area (Å²) in [6, 6.07) is 0. The maximum absolute atomic E-state index is 12.5. The van der Waals surface area contributed by atoms with E-state index in [0.717, 1.165) is 52.2 Å². The third-order valence-corrected chi connectivity index (χ3v) is 4.48. The molecule has 3 rings (SSSR count). The Hall–Kier alpha value is -0.580. The lowest BCUT2D eigenvalue weighted by atomic mass is 9.71. The van der Waals surface area contributed by atoms with Crippen molar-refractivity contribution in [3.8, 4) is 0 Å². The van der Waals surface area contributed by atoms with Crippen LogP contribution in [0.4, 0.5) is 0 Å². The van der Waals surface area contributed by atoms with Crippen LogP contribution in [0.3, 0.4) is 0 Å². The first-order valence-electron chi connectivity index (χ1n) is 6.54. The highest BCUT2D eigenvalue weighted by Crippen LogP contribution is 2.41. The SMILES string of the molecule is Cl.O=C(C1CNCC12CCOCC2)N1CC=CC1. The summed E-state index contributed by atoms with van der Waals surface area (Å²) in [4.78, 5) is 14.5. The minimum Gasteiger partial charge on any atom is -0.381 e. The minimum atomic E-state index is 0. The number of nitrogens with one attached hydrogen (secondary N) is 1. The van der Waals surface area contributed by atoms with Gasteiger partial charge in [-0.3, -0.25) is 4.79 Å². The molecule has 0 aromatic rings. The van der Waals surface area contributed by atoms with Crippen molar-refractivity contribution in [3.05, 3.63) is 12.2 Å². The number of carbonyl (C=O) groups is 1. The van der Waals surface area contributed by atoms with Crippen LogP contribution in [0.2, 0.25) is 0 Å². The molecule has 2 fully saturated rings. The number of rotatable bonds is 1. The van der Waals surface area contributed by atoms with Gasteiger partial charge >= 0.3 is 0 Å². The number of nitrogens with zero attached hydrogens (tertiary/aromatic N) is 1. The van der Waals surface area contributed by atoms with Crippen LogP contribution in [0.25, 0.3) is 0 Å². The summed E-state index contributed by atoms with van der Waals surface area (Å²) in [5.74, 6) is 0.494. The molecule has 0 saturated carbocycles. The molecule has 0 aliphatic carbocycles. The Kier molecular flexibility index (Phi) is 4.30. The van der Waals surface area contributed by atoms with Crippen LogP contribution in [0.5, 0.6) is 0 Å². The zero-order chi connectivity index (χ0) is 11.7.